The Labute approximate surface area is 125 Å². The van der Waals surface area contributed by atoms with Gasteiger partial charge in [-0.05, 0) is 33.3 Å². The number of rotatable bonds is 11. The molecule has 0 aromatic rings. The quantitative estimate of drug-likeness (QED) is 0.270. The van der Waals surface area contributed by atoms with E-state index in [2.05, 4.69) is 5.32 Å². The van der Waals surface area contributed by atoms with Gasteiger partial charge in [0.2, 0.25) is 6.41 Å². The largest absolute Gasteiger partial charge is 0.464 e. The van der Waals surface area contributed by atoms with Gasteiger partial charge in [-0.15, -0.1) is 0 Å². The van der Waals surface area contributed by atoms with Crippen LogP contribution in [0.2, 0.25) is 0 Å². The first-order valence-electron chi connectivity index (χ1n) is 6.85. The van der Waals surface area contributed by atoms with Crippen molar-refractivity contribution in [3.05, 3.63) is 11.6 Å². The molecule has 0 aliphatic heterocycles. The van der Waals surface area contributed by atoms with Crippen LogP contribution in [0.4, 0.5) is 0 Å². The summed E-state index contributed by atoms with van der Waals surface area (Å²) in [5, 5.41) is 2.37. The zero-order chi connectivity index (χ0) is 16.3. The average molecular weight is 321 g/mol. The topological polar surface area (TPSA) is 90.9 Å². The van der Waals surface area contributed by atoms with E-state index in [9.17, 15) is 14.2 Å². The van der Waals surface area contributed by atoms with E-state index >= 15 is 0 Å². The first-order valence-corrected chi connectivity index (χ1v) is 8.57. The molecule has 0 fully saturated rings. The highest BCUT2D eigenvalue weighted by Gasteiger charge is 2.25. The zero-order valence-electron chi connectivity index (χ0n) is 13.0. The molecule has 0 aromatic carbocycles. The van der Waals surface area contributed by atoms with Crippen molar-refractivity contribution in [3.8, 4) is 0 Å². The van der Waals surface area contributed by atoms with Crippen molar-refractivity contribution >= 4 is 20.0 Å². The lowest BCUT2D eigenvalue weighted by Crippen LogP contribution is -2.38. The van der Waals surface area contributed by atoms with E-state index in [4.69, 9.17) is 13.8 Å². The van der Waals surface area contributed by atoms with E-state index in [1.807, 2.05) is 0 Å². The maximum absolute atomic E-state index is 12.3. The number of allylic oxidation sites excluding steroid dienone is 1. The van der Waals surface area contributed by atoms with Crippen molar-refractivity contribution < 1.29 is 27.9 Å². The highest BCUT2D eigenvalue weighted by atomic mass is 31.2. The molecule has 0 saturated heterocycles. The maximum atomic E-state index is 12.3. The molecule has 0 spiro atoms. The number of nitrogens with one attached hydrogen (secondary N) is 1. The van der Waals surface area contributed by atoms with Gasteiger partial charge >= 0.3 is 13.6 Å². The van der Waals surface area contributed by atoms with E-state index in [1.165, 1.54) is 0 Å². The summed E-state index contributed by atoms with van der Waals surface area (Å²) in [7, 11) is -3.22. The van der Waals surface area contributed by atoms with Gasteiger partial charge in [0.05, 0.1) is 26.0 Å². The van der Waals surface area contributed by atoms with Crippen LogP contribution in [0.15, 0.2) is 11.6 Å². The Bertz CT molecular complexity index is 399. The standard InChI is InChI=1S/C13H24NO6P/c1-5-18-13(16)12(14-10-15)11(4)8-9-21(17,19-6-2)20-7-3/h8,10,12H,5-7,9H2,1-4H3,(H,14,15)/b11-8+. The molecule has 1 unspecified atom stereocenters. The fourth-order valence-corrected chi connectivity index (χ4v) is 3.17. The van der Waals surface area contributed by atoms with Crippen LogP contribution in [0.25, 0.3) is 0 Å². The molecular weight excluding hydrogens is 297 g/mol. The molecule has 7 nitrogen and oxygen atoms in total. The lowest BCUT2D eigenvalue weighted by atomic mass is 10.1. The van der Waals surface area contributed by atoms with Crippen LogP contribution in [0.5, 0.6) is 0 Å². The third-order valence-electron chi connectivity index (χ3n) is 2.50. The Kier molecular flexibility index (Phi) is 9.95. The number of hydrogen-bond acceptors (Lipinski definition) is 6. The molecule has 21 heavy (non-hydrogen) atoms. The van der Waals surface area contributed by atoms with Crippen LogP contribution in [-0.4, -0.2) is 44.4 Å². The summed E-state index contributed by atoms with van der Waals surface area (Å²) in [5.74, 6) is -0.569. The second-order valence-corrected chi connectivity index (χ2v) is 6.15. The van der Waals surface area contributed by atoms with Crippen LogP contribution < -0.4 is 5.32 Å². The normalized spacial score (nSPS) is 13.6. The molecule has 8 heteroatoms. The predicted octanol–water partition coefficient (Wildman–Crippen LogP) is 1.88. The lowest BCUT2D eigenvalue weighted by molar-refractivity contribution is -0.145. The Morgan fingerprint density at radius 3 is 2.19 bits per heavy atom. The summed E-state index contributed by atoms with van der Waals surface area (Å²) in [5.41, 5.74) is 0.514. The van der Waals surface area contributed by atoms with Crippen LogP contribution >= 0.6 is 7.60 Å². The van der Waals surface area contributed by atoms with Crippen molar-refractivity contribution in [2.24, 2.45) is 0 Å². The Morgan fingerprint density at radius 1 is 1.19 bits per heavy atom. The summed E-state index contributed by atoms with van der Waals surface area (Å²) >= 11 is 0. The molecule has 0 radical (unpaired) electrons. The SMILES string of the molecule is CCOC(=O)C(NC=O)/C(C)=C/CP(=O)(OCC)OCC. The molecule has 0 aromatic heterocycles. The number of hydrogen-bond donors (Lipinski definition) is 1. The highest BCUT2D eigenvalue weighted by Crippen LogP contribution is 2.48. The van der Waals surface area contributed by atoms with Gasteiger partial charge in [-0.3, -0.25) is 9.36 Å². The average Bonchev–Trinajstić information content (AvgIpc) is 2.43. The molecule has 0 bridgehead atoms. The van der Waals surface area contributed by atoms with E-state index < -0.39 is 19.6 Å². The van der Waals surface area contributed by atoms with Crippen LogP contribution in [-0.2, 0) is 27.9 Å². The monoisotopic (exact) mass is 321 g/mol. The third kappa shape index (κ3) is 7.41. The van der Waals surface area contributed by atoms with Crippen molar-refractivity contribution in [1.82, 2.24) is 5.32 Å². The van der Waals surface area contributed by atoms with Crippen LogP contribution in [0.1, 0.15) is 27.7 Å². The highest BCUT2D eigenvalue weighted by molar-refractivity contribution is 7.54. The van der Waals surface area contributed by atoms with Gasteiger partial charge in [-0.1, -0.05) is 6.08 Å². The van der Waals surface area contributed by atoms with Gasteiger partial charge in [-0.25, -0.2) is 4.79 Å². The van der Waals surface area contributed by atoms with Crippen LogP contribution in [0.3, 0.4) is 0 Å². The van der Waals surface area contributed by atoms with Crippen molar-refractivity contribution in [3.63, 3.8) is 0 Å². The van der Waals surface area contributed by atoms with Gasteiger partial charge in [0.15, 0.2) is 0 Å². The van der Waals surface area contributed by atoms with Gasteiger partial charge in [0.25, 0.3) is 0 Å². The van der Waals surface area contributed by atoms with Gasteiger partial charge in [-0.2, -0.15) is 0 Å². The zero-order valence-corrected chi connectivity index (χ0v) is 13.9. The minimum Gasteiger partial charge on any atom is -0.464 e. The Hall–Kier alpha value is -1.17. The number of ether oxygens (including phenoxy) is 1. The second kappa shape index (κ2) is 10.5. The summed E-state index contributed by atoms with van der Waals surface area (Å²) in [4.78, 5) is 22.3. The van der Waals surface area contributed by atoms with Gasteiger partial charge in [0, 0.05) is 0 Å². The van der Waals surface area contributed by atoms with Crippen LogP contribution in [0, 0.1) is 0 Å². The summed E-state index contributed by atoms with van der Waals surface area (Å²) in [6.45, 7) is 7.48. The molecule has 0 aliphatic rings. The number of carbonyl (C=O) groups excluding carboxylic acids is 2. The summed E-state index contributed by atoms with van der Waals surface area (Å²) in [6.07, 6.45) is 2.00. The fourth-order valence-electron chi connectivity index (χ4n) is 1.59. The fraction of sp³-hybridized carbons (Fsp3) is 0.692. The molecule has 122 valence electrons. The van der Waals surface area contributed by atoms with E-state index in [1.54, 1.807) is 33.8 Å². The van der Waals surface area contributed by atoms with E-state index in [0.717, 1.165) is 0 Å². The molecule has 1 amide bonds. The minimum atomic E-state index is -3.22. The third-order valence-corrected chi connectivity index (χ3v) is 4.43. The first-order chi connectivity index (χ1) is 9.94. The molecule has 0 heterocycles. The second-order valence-electron chi connectivity index (χ2n) is 4.05. The Balaban J connectivity index is 4.97. The van der Waals surface area contributed by atoms with E-state index in [-0.39, 0.29) is 26.0 Å². The molecular formula is C13H24NO6P. The van der Waals surface area contributed by atoms with E-state index in [0.29, 0.717) is 12.0 Å². The number of amides is 1. The smallest absolute Gasteiger partial charge is 0.334 e. The van der Waals surface area contributed by atoms with Gasteiger partial charge in [0.1, 0.15) is 6.04 Å². The molecule has 0 aliphatic carbocycles. The number of carbonyl (C=O) groups is 2. The minimum absolute atomic E-state index is 0.0248. The summed E-state index contributed by atoms with van der Waals surface area (Å²) < 4.78 is 27.5. The van der Waals surface area contributed by atoms with Crippen molar-refractivity contribution in [2.75, 3.05) is 26.0 Å². The molecule has 1 atom stereocenters. The molecule has 0 rings (SSSR count). The maximum Gasteiger partial charge on any atom is 0.334 e. The lowest BCUT2D eigenvalue weighted by Gasteiger charge is -2.18. The van der Waals surface area contributed by atoms with Gasteiger partial charge < -0.3 is 19.1 Å². The molecule has 1 N–H and O–H groups in total. The Morgan fingerprint density at radius 2 is 1.76 bits per heavy atom. The summed E-state index contributed by atoms with van der Waals surface area (Å²) in [6, 6.07) is -0.904. The van der Waals surface area contributed by atoms with Crippen molar-refractivity contribution in [2.45, 2.75) is 33.7 Å². The molecule has 0 saturated carbocycles. The number of esters is 1. The first kappa shape index (κ1) is 19.8. The van der Waals surface area contributed by atoms with Crippen molar-refractivity contribution in [1.29, 1.82) is 0 Å². The predicted molar refractivity (Wildman–Crippen MR) is 79.1 cm³/mol.